The molecular weight excluding hydrogens is 569 g/mol. The van der Waals surface area contributed by atoms with Gasteiger partial charge in [-0.3, -0.25) is 4.79 Å². The molecule has 0 atom stereocenters. The van der Waals surface area contributed by atoms with Gasteiger partial charge < -0.3 is 25.2 Å². The first-order valence-corrected chi connectivity index (χ1v) is 15.2. The van der Waals surface area contributed by atoms with Crippen molar-refractivity contribution in [3.05, 3.63) is 59.3 Å². The van der Waals surface area contributed by atoms with Crippen LogP contribution in [-0.4, -0.2) is 50.2 Å². The second-order valence-electron chi connectivity index (χ2n) is 12.6. The molecule has 6 rings (SSSR count). The number of fused-ring (bicyclic) bond motifs is 1. The summed E-state index contributed by atoms with van der Waals surface area (Å²) in [6.45, 7) is 9.87. The standard InChI is InChI=1S/C32H37ClFN7O2/c1-19(2)41-25-16-20(15-24(34)28(25)38-29(41)31(3,4)43)27-23(33)18-36-30(39-27)37-21-5-7-22(8-6-21)40-14-11-32(17-26(40)42)9-12-35-13-10-32/h5-8,15-16,18-19,35,43H,9-14,17H2,1-4H3,(H,36,37,39). The number of amides is 1. The number of aliphatic hydroxyl groups is 1. The van der Waals surface area contributed by atoms with Gasteiger partial charge in [-0.05, 0) is 102 Å². The van der Waals surface area contributed by atoms with Crippen LogP contribution >= 0.6 is 11.6 Å². The lowest BCUT2D eigenvalue weighted by Gasteiger charge is -2.43. The van der Waals surface area contributed by atoms with Crippen LogP contribution in [0.5, 0.6) is 0 Å². The maximum Gasteiger partial charge on any atom is 0.227 e. The number of anilines is 3. The summed E-state index contributed by atoms with van der Waals surface area (Å²) < 4.78 is 17.2. The Morgan fingerprint density at radius 2 is 1.84 bits per heavy atom. The Morgan fingerprint density at radius 1 is 1.12 bits per heavy atom. The third kappa shape index (κ3) is 5.71. The number of hydrogen-bond acceptors (Lipinski definition) is 7. The normalized spacial score (nSPS) is 17.3. The zero-order valence-corrected chi connectivity index (χ0v) is 25.7. The highest BCUT2D eigenvalue weighted by molar-refractivity contribution is 6.33. The average molecular weight is 606 g/mol. The summed E-state index contributed by atoms with van der Waals surface area (Å²) in [7, 11) is 0. The largest absolute Gasteiger partial charge is 0.383 e. The monoisotopic (exact) mass is 605 g/mol. The second kappa shape index (κ2) is 11.2. The number of benzene rings is 2. The molecule has 4 heterocycles. The number of piperidine rings is 2. The van der Waals surface area contributed by atoms with Gasteiger partial charge in [0, 0.05) is 35.9 Å². The highest BCUT2D eigenvalue weighted by atomic mass is 35.5. The lowest BCUT2D eigenvalue weighted by atomic mass is 9.71. The molecular formula is C32H37ClFN7O2. The fourth-order valence-corrected chi connectivity index (χ4v) is 6.56. The van der Waals surface area contributed by atoms with E-state index >= 15 is 4.39 Å². The molecule has 0 radical (unpaired) electrons. The SMILES string of the molecule is CC(C)n1c(C(C)(C)O)nc2c(F)cc(-c3nc(Nc4ccc(N5CCC6(CCNCC6)CC5=O)cc4)ncc3Cl)cc21. The average Bonchev–Trinajstić information content (AvgIpc) is 3.37. The summed E-state index contributed by atoms with van der Waals surface area (Å²) in [4.78, 5) is 28.3. The summed E-state index contributed by atoms with van der Waals surface area (Å²) in [5, 5.41) is 17.6. The van der Waals surface area contributed by atoms with Crippen molar-refractivity contribution in [2.75, 3.05) is 29.9 Å². The van der Waals surface area contributed by atoms with E-state index in [-0.39, 0.29) is 27.9 Å². The van der Waals surface area contributed by atoms with E-state index in [1.54, 1.807) is 19.9 Å². The van der Waals surface area contributed by atoms with Crippen LogP contribution in [0.2, 0.25) is 5.02 Å². The molecule has 0 saturated carbocycles. The summed E-state index contributed by atoms with van der Waals surface area (Å²) in [5.74, 6) is 0.321. The van der Waals surface area contributed by atoms with Crippen molar-refractivity contribution in [2.24, 2.45) is 5.41 Å². The number of rotatable bonds is 6. The number of halogens is 2. The minimum absolute atomic E-state index is 0.0759. The fourth-order valence-electron chi connectivity index (χ4n) is 6.36. The van der Waals surface area contributed by atoms with Gasteiger partial charge in [-0.1, -0.05) is 11.6 Å². The van der Waals surface area contributed by atoms with Gasteiger partial charge in [0.2, 0.25) is 11.9 Å². The molecule has 1 spiro atoms. The summed E-state index contributed by atoms with van der Waals surface area (Å²) in [5.41, 5.74) is 2.05. The smallest absolute Gasteiger partial charge is 0.227 e. The lowest BCUT2D eigenvalue weighted by molar-refractivity contribution is -0.123. The summed E-state index contributed by atoms with van der Waals surface area (Å²) >= 11 is 6.51. The Balaban J connectivity index is 1.24. The van der Waals surface area contributed by atoms with Crippen molar-refractivity contribution in [1.29, 1.82) is 0 Å². The Morgan fingerprint density at radius 3 is 2.49 bits per heavy atom. The first-order chi connectivity index (χ1) is 20.4. The number of nitrogens with one attached hydrogen (secondary N) is 2. The predicted octanol–water partition coefficient (Wildman–Crippen LogP) is 6.33. The molecule has 4 aromatic rings. The number of aromatic nitrogens is 4. The molecule has 2 fully saturated rings. The van der Waals surface area contributed by atoms with Crippen LogP contribution in [-0.2, 0) is 10.4 Å². The number of carbonyl (C=O) groups is 1. The third-order valence-corrected chi connectivity index (χ3v) is 8.90. The molecule has 2 aromatic carbocycles. The maximum atomic E-state index is 15.4. The highest BCUT2D eigenvalue weighted by Gasteiger charge is 2.40. The second-order valence-corrected chi connectivity index (χ2v) is 13.0. The van der Waals surface area contributed by atoms with E-state index in [1.165, 1.54) is 12.3 Å². The quantitative estimate of drug-likeness (QED) is 0.235. The molecule has 2 aliphatic heterocycles. The van der Waals surface area contributed by atoms with E-state index in [0.29, 0.717) is 35.0 Å². The van der Waals surface area contributed by atoms with Crippen molar-refractivity contribution in [2.45, 2.75) is 65.0 Å². The molecule has 2 aromatic heterocycles. The number of imidazole rings is 1. The predicted molar refractivity (Wildman–Crippen MR) is 167 cm³/mol. The highest BCUT2D eigenvalue weighted by Crippen LogP contribution is 2.41. The Bertz CT molecular complexity index is 1670. The molecule has 0 aliphatic carbocycles. The fraction of sp³-hybridized carbons (Fsp3) is 0.438. The van der Waals surface area contributed by atoms with Crippen LogP contribution < -0.4 is 15.5 Å². The van der Waals surface area contributed by atoms with E-state index < -0.39 is 11.4 Å². The molecule has 43 heavy (non-hydrogen) atoms. The molecule has 9 nitrogen and oxygen atoms in total. The van der Waals surface area contributed by atoms with Crippen molar-refractivity contribution < 1.29 is 14.3 Å². The number of carbonyl (C=O) groups excluding carboxylic acids is 1. The van der Waals surface area contributed by atoms with Gasteiger partial charge in [-0.25, -0.2) is 19.3 Å². The van der Waals surface area contributed by atoms with Gasteiger partial charge in [0.15, 0.2) is 5.82 Å². The van der Waals surface area contributed by atoms with Gasteiger partial charge in [0.05, 0.1) is 22.4 Å². The Labute approximate surface area is 255 Å². The van der Waals surface area contributed by atoms with Gasteiger partial charge >= 0.3 is 0 Å². The molecule has 0 unspecified atom stereocenters. The van der Waals surface area contributed by atoms with Gasteiger partial charge in [-0.2, -0.15) is 0 Å². The van der Waals surface area contributed by atoms with Crippen LogP contribution in [0.25, 0.3) is 22.3 Å². The third-order valence-electron chi connectivity index (χ3n) is 8.62. The zero-order valence-electron chi connectivity index (χ0n) is 24.9. The van der Waals surface area contributed by atoms with Gasteiger partial charge in [0.1, 0.15) is 16.9 Å². The van der Waals surface area contributed by atoms with Crippen LogP contribution in [0.3, 0.4) is 0 Å². The van der Waals surface area contributed by atoms with E-state index in [4.69, 9.17) is 11.6 Å². The molecule has 0 bridgehead atoms. The van der Waals surface area contributed by atoms with E-state index in [2.05, 4.69) is 25.6 Å². The van der Waals surface area contributed by atoms with Crippen LogP contribution in [0.15, 0.2) is 42.6 Å². The Hall–Kier alpha value is -3.60. The molecule has 226 valence electrons. The molecule has 1 amide bonds. The van der Waals surface area contributed by atoms with E-state index in [9.17, 15) is 9.90 Å². The molecule has 2 saturated heterocycles. The summed E-state index contributed by atoms with van der Waals surface area (Å²) in [6, 6.07) is 10.7. The first-order valence-electron chi connectivity index (χ1n) is 14.8. The van der Waals surface area contributed by atoms with E-state index in [0.717, 1.165) is 50.3 Å². The Kier molecular flexibility index (Phi) is 7.64. The maximum absolute atomic E-state index is 15.4. The van der Waals surface area contributed by atoms with E-state index in [1.807, 2.05) is 47.6 Å². The summed E-state index contributed by atoms with van der Waals surface area (Å²) in [6.07, 6.45) is 5.21. The zero-order chi connectivity index (χ0) is 30.5. The van der Waals surface area contributed by atoms with Crippen molar-refractivity contribution in [1.82, 2.24) is 24.8 Å². The molecule has 2 aliphatic rings. The van der Waals surface area contributed by atoms with Crippen LogP contribution in [0.1, 0.15) is 65.2 Å². The van der Waals surface area contributed by atoms with Gasteiger partial charge in [0.25, 0.3) is 0 Å². The molecule has 11 heteroatoms. The first kappa shape index (κ1) is 29.5. The van der Waals surface area contributed by atoms with Crippen molar-refractivity contribution in [3.8, 4) is 11.3 Å². The van der Waals surface area contributed by atoms with Crippen molar-refractivity contribution in [3.63, 3.8) is 0 Å². The van der Waals surface area contributed by atoms with Crippen LogP contribution in [0, 0.1) is 11.2 Å². The van der Waals surface area contributed by atoms with Crippen molar-refractivity contribution >= 4 is 45.9 Å². The topological polar surface area (TPSA) is 108 Å². The minimum Gasteiger partial charge on any atom is -0.383 e. The number of nitrogens with zero attached hydrogens (tertiary/aromatic N) is 5. The molecule has 3 N–H and O–H groups in total. The minimum atomic E-state index is -1.26. The lowest BCUT2D eigenvalue weighted by Crippen LogP contribution is -2.48. The van der Waals surface area contributed by atoms with Crippen LogP contribution in [0.4, 0.5) is 21.7 Å². The number of hydrogen-bond donors (Lipinski definition) is 3. The van der Waals surface area contributed by atoms with Gasteiger partial charge in [-0.15, -0.1) is 0 Å².